The molecule has 34 heavy (non-hydrogen) atoms. The van der Waals surface area contributed by atoms with Gasteiger partial charge in [0.2, 0.25) is 0 Å². The monoisotopic (exact) mass is 485 g/mol. The lowest BCUT2D eigenvalue weighted by molar-refractivity contribution is -0.384. The lowest BCUT2D eigenvalue weighted by Crippen LogP contribution is -2.27. The normalized spacial score (nSPS) is 10.5. The van der Waals surface area contributed by atoms with Crippen LogP contribution >= 0.6 is 11.6 Å². The molecule has 11 heteroatoms. The first-order valence-electron chi connectivity index (χ1n) is 9.89. The third-order valence-corrected chi connectivity index (χ3v) is 5.24. The minimum absolute atomic E-state index is 0.0178. The summed E-state index contributed by atoms with van der Waals surface area (Å²) >= 11 is 6.04. The molecule has 1 heterocycles. The van der Waals surface area contributed by atoms with E-state index in [0.29, 0.717) is 11.5 Å². The van der Waals surface area contributed by atoms with E-state index in [4.69, 9.17) is 20.8 Å². The molecule has 1 aromatic heterocycles. The molecule has 0 unspecified atom stereocenters. The number of para-hydroxylation sites is 1. The maximum atomic E-state index is 13.1. The first-order valence-corrected chi connectivity index (χ1v) is 10.3. The Hall–Kier alpha value is -4.18. The minimum atomic E-state index is -0.632. The molecule has 0 aliphatic rings. The first kappa shape index (κ1) is 24.5. The summed E-state index contributed by atoms with van der Waals surface area (Å²) in [6.45, 7) is 1.68. The van der Waals surface area contributed by atoms with Crippen molar-refractivity contribution in [2.45, 2.75) is 13.5 Å². The molecule has 0 bridgehead atoms. The summed E-state index contributed by atoms with van der Waals surface area (Å²) in [5.74, 6) is -0.839. The van der Waals surface area contributed by atoms with Crippen molar-refractivity contribution in [3.63, 3.8) is 0 Å². The Bertz CT molecular complexity index is 1290. The Morgan fingerprint density at radius 1 is 1.12 bits per heavy atom. The predicted molar refractivity (Wildman–Crippen MR) is 123 cm³/mol. The average molecular weight is 486 g/mol. The number of aryl methyl sites for hydroxylation is 1. The molecule has 3 aromatic rings. The van der Waals surface area contributed by atoms with Crippen molar-refractivity contribution >= 4 is 40.8 Å². The van der Waals surface area contributed by atoms with E-state index < -0.39 is 22.7 Å². The second-order valence-corrected chi connectivity index (χ2v) is 7.66. The summed E-state index contributed by atoms with van der Waals surface area (Å²) in [6, 6.07) is 11.4. The van der Waals surface area contributed by atoms with Gasteiger partial charge in [-0.2, -0.15) is 0 Å². The zero-order valence-corrected chi connectivity index (χ0v) is 19.2. The van der Waals surface area contributed by atoms with Crippen LogP contribution in [0.25, 0.3) is 0 Å². The summed E-state index contributed by atoms with van der Waals surface area (Å²) < 4.78 is 10.3. The van der Waals surface area contributed by atoms with Crippen LogP contribution in [-0.4, -0.2) is 41.8 Å². The second-order valence-electron chi connectivity index (χ2n) is 7.26. The van der Waals surface area contributed by atoms with E-state index in [9.17, 15) is 24.5 Å². The Kier molecular flexibility index (Phi) is 7.32. The molecular formula is C23H20ClN3O7. The number of nitro benzene ring substituents is 1. The number of furan rings is 1. The van der Waals surface area contributed by atoms with Gasteiger partial charge in [-0.25, -0.2) is 4.79 Å². The molecule has 10 nitrogen and oxygen atoms in total. The number of amides is 2. The van der Waals surface area contributed by atoms with Crippen LogP contribution in [0.1, 0.15) is 42.6 Å². The van der Waals surface area contributed by atoms with Gasteiger partial charge in [-0.15, -0.1) is 0 Å². The van der Waals surface area contributed by atoms with Crippen LogP contribution in [0, 0.1) is 17.0 Å². The standard InChI is InChI=1S/C23H20ClN3O7/c1-13-18(23(30)33-3)11-15(34-13)12-26(2)22(29)17-6-4-5-7-20(17)25-21(28)16-9-8-14(27(31)32)10-19(16)24/h4-11H,12H2,1-3H3,(H,25,28). The van der Waals surface area contributed by atoms with Crippen LogP contribution in [0.2, 0.25) is 5.02 Å². The van der Waals surface area contributed by atoms with Crippen molar-refractivity contribution in [1.29, 1.82) is 0 Å². The van der Waals surface area contributed by atoms with Crippen LogP contribution in [0.4, 0.5) is 11.4 Å². The number of hydrogen-bond donors (Lipinski definition) is 1. The molecular weight excluding hydrogens is 466 g/mol. The number of nitro groups is 1. The van der Waals surface area contributed by atoms with Crippen molar-refractivity contribution in [3.05, 3.63) is 91.9 Å². The van der Waals surface area contributed by atoms with E-state index in [1.54, 1.807) is 38.2 Å². The van der Waals surface area contributed by atoms with Crippen molar-refractivity contribution < 1.29 is 28.5 Å². The van der Waals surface area contributed by atoms with Gasteiger partial charge in [-0.05, 0) is 31.2 Å². The minimum Gasteiger partial charge on any atom is -0.465 e. The highest BCUT2D eigenvalue weighted by Crippen LogP contribution is 2.25. The van der Waals surface area contributed by atoms with E-state index in [-0.39, 0.29) is 39.6 Å². The average Bonchev–Trinajstić information content (AvgIpc) is 3.17. The fourth-order valence-electron chi connectivity index (χ4n) is 3.22. The first-order chi connectivity index (χ1) is 16.1. The van der Waals surface area contributed by atoms with Crippen LogP contribution < -0.4 is 5.32 Å². The zero-order chi connectivity index (χ0) is 25.0. The third-order valence-electron chi connectivity index (χ3n) is 4.93. The van der Waals surface area contributed by atoms with E-state index in [1.807, 2.05) is 0 Å². The van der Waals surface area contributed by atoms with Crippen molar-refractivity contribution in [3.8, 4) is 0 Å². The molecule has 0 radical (unpaired) electrons. The number of carbonyl (C=O) groups excluding carboxylic acids is 3. The van der Waals surface area contributed by atoms with Crippen LogP contribution in [0.15, 0.2) is 52.9 Å². The number of non-ortho nitro benzene ring substituents is 1. The molecule has 176 valence electrons. The highest BCUT2D eigenvalue weighted by Gasteiger charge is 2.22. The lowest BCUT2D eigenvalue weighted by atomic mass is 10.1. The smallest absolute Gasteiger partial charge is 0.341 e. The molecule has 0 aliphatic heterocycles. The summed E-state index contributed by atoms with van der Waals surface area (Å²) in [6.07, 6.45) is 0. The third kappa shape index (κ3) is 5.24. The number of nitrogens with one attached hydrogen (secondary N) is 1. The fourth-order valence-corrected chi connectivity index (χ4v) is 3.48. The van der Waals surface area contributed by atoms with E-state index in [1.165, 1.54) is 30.2 Å². The lowest BCUT2D eigenvalue weighted by Gasteiger charge is -2.18. The number of nitrogens with zero attached hydrogens (tertiary/aromatic N) is 2. The van der Waals surface area contributed by atoms with Crippen LogP contribution in [0.3, 0.4) is 0 Å². The molecule has 2 amide bonds. The summed E-state index contributed by atoms with van der Waals surface area (Å²) in [5, 5.41) is 13.4. The van der Waals surface area contributed by atoms with Gasteiger partial charge in [0.15, 0.2) is 0 Å². The molecule has 2 aromatic carbocycles. The Morgan fingerprint density at radius 2 is 1.82 bits per heavy atom. The number of carbonyl (C=O) groups is 3. The molecule has 1 N–H and O–H groups in total. The number of benzene rings is 2. The molecule has 0 fully saturated rings. The van der Waals surface area contributed by atoms with Gasteiger partial charge in [-0.3, -0.25) is 19.7 Å². The van der Waals surface area contributed by atoms with E-state index in [2.05, 4.69) is 5.32 Å². The number of ether oxygens (including phenoxy) is 1. The highest BCUT2D eigenvalue weighted by molar-refractivity contribution is 6.34. The number of rotatable bonds is 7. The molecule has 3 rings (SSSR count). The van der Waals surface area contributed by atoms with Gasteiger partial charge in [0.05, 0.1) is 40.4 Å². The van der Waals surface area contributed by atoms with Gasteiger partial charge in [0.25, 0.3) is 17.5 Å². The van der Waals surface area contributed by atoms with E-state index >= 15 is 0 Å². The quantitative estimate of drug-likeness (QED) is 0.297. The van der Waals surface area contributed by atoms with Gasteiger partial charge in [0, 0.05) is 19.2 Å². The van der Waals surface area contributed by atoms with Crippen molar-refractivity contribution in [2.75, 3.05) is 19.5 Å². The largest absolute Gasteiger partial charge is 0.465 e. The SMILES string of the molecule is COC(=O)c1cc(CN(C)C(=O)c2ccccc2NC(=O)c2ccc([N+](=O)[O-])cc2Cl)oc1C. The summed E-state index contributed by atoms with van der Waals surface area (Å²) in [5.41, 5.74) is 0.468. The number of methoxy groups -OCH3 is 1. The zero-order valence-electron chi connectivity index (χ0n) is 18.5. The van der Waals surface area contributed by atoms with Gasteiger partial charge >= 0.3 is 5.97 Å². The van der Waals surface area contributed by atoms with Crippen molar-refractivity contribution in [2.24, 2.45) is 0 Å². The van der Waals surface area contributed by atoms with E-state index in [0.717, 1.165) is 6.07 Å². The number of anilines is 1. The summed E-state index contributed by atoms with van der Waals surface area (Å²) in [4.78, 5) is 49.2. The molecule has 0 spiro atoms. The molecule has 0 saturated carbocycles. The number of hydrogen-bond acceptors (Lipinski definition) is 7. The number of esters is 1. The molecule has 0 saturated heterocycles. The van der Waals surface area contributed by atoms with Gasteiger partial charge in [0.1, 0.15) is 17.1 Å². The summed E-state index contributed by atoms with van der Waals surface area (Å²) in [7, 11) is 2.81. The fraction of sp³-hybridized carbons (Fsp3) is 0.174. The predicted octanol–water partition coefficient (Wildman–Crippen LogP) is 4.46. The van der Waals surface area contributed by atoms with Crippen LogP contribution in [-0.2, 0) is 11.3 Å². The Morgan fingerprint density at radius 3 is 2.47 bits per heavy atom. The topological polar surface area (TPSA) is 132 Å². The molecule has 0 atom stereocenters. The Balaban J connectivity index is 1.79. The highest BCUT2D eigenvalue weighted by atomic mass is 35.5. The van der Waals surface area contributed by atoms with Crippen LogP contribution in [0.5, 0.6) is 0 Å². The maximum absolute atomic E-state index is 13.1. The number of halogens is 1. The van der Waals surface area contributed by atoms with Gasteiger partial charge in [-0.1, -0.05) is 23.7 Å². The van der Waals surface area contributed by atoms with Gasteiger partial charge < -0.3 is 19.4 Å². The second kappa shape index (κ2) is 10.2. The Labute approximate surface area is 199 Å². The maximum Gasteiger partial charge on any atom is 0.341 e. The molecule has 0 aliphatic carbocycles. The van der Waals surface area contributed by atoms with Crippen molar-refractivity contribution in [1.82, 2.24) is 4.90 Å².